The number of aromatic hydroxyl groups is 1. The average Bonchev–Trinajstić information content (AvgIpc) is 2.36. The van der Waals surface area contributed by atoms with Crippen LogP contribution >= 0.6 is 0 Å². The molecule has 0 fully saturated rings. The second-order valence-electron chi connectivity index (χ2n) is 6.32. The topological polar surface area (TPSA) is 67.8 Å². The Morgan fingerprint density at radius 1 is 1.36 bits per heavy atom. The number of hydrogen-bond acceptors (Lipinski definition) is 4. The average molecular weight is 309 g/mol. The second-order valence-corrected chi connectivity index (χ2v) is 6.32. The molecule has 0 saturated heterocycles. The Hall–Kier alpha value is -1.75. The van der Waals surface area contributed by atoms with Crippen LogP contribution in [0.15, 0.2) is 12.1 Å². The lowest BCUT2D eigenvalue weighted by Gasteiger charge is -2.23. The van der Waals surface area contributed by atoms with E-state index >= 15 is 0 Å². The molecule has 5 nitrogen and oxygen atoms in total. The summed E-state index contributed by atoms with van der Waals surface area (Å²) in [6.45, 7) is 9.87. The maximum absolute atomic E-state index is 11.3. The van der Waals surface area contributed by atoms with Crippen molar-refractivity contribution in [3.05, 3.63) is 23.3 Å². The van der Waals surface area contributed by atoms with Crippen molar-refractivity contribution in [2.45, 2.75) is 52.7 Å². The zero-order valence-electron chi connectivity index (χ0n) is 14.3. The van der Waals surface area contributed by atoms with E-state index in [1.54, 1.807) is 6.07 Å². The number of hydrogen-bond donors (Lipinski definition) is 2. The number of phenolic OH excluding ortho intramolecular Hbond substituents is 1. The van der Waals surface area contributed by atoms with Gasteiger partial charge in [-0.25, -0.2) is 0 Å². The van der Waals surface area contributed by atoms with Crippen LogP contribution in [0.4, 0.5) is 0 Å². The molecule has 0 spiro atoms. The third kappa shape index (κ3) is 5.22. The highest BCUT2D eigenvalue weighted by molar-refractivity contribution is 5.73. The Morgan fingerprint density at radius 3 is 2.50 bits per heavy atom. The van der Waals surface area contributed by atoms with E-state index in [1.807, 2.05) is 33.8 Å². The van der Waals surface area contributed by atoms with E-state index in [-0.39, 0.29) is 23.3 Å². The van der Waals surface area contributed by atoms with Gasteiger partial charge in [0.05, 0.1) is 25.4 Å². The van der Waals surface area contributed by atoms with Gasteiger partial charge in [-0.15, -0.1) is 0 Å². The monoisotopic (exact) mass is 309 g/mol. The number of phenols is 1. The highest BCUT2D eigenvalue weighted by atomic mass is 16.5. The Labute approximate surface area is 132 Å². The maximum Gasteiger partial charge on any atom is 0.217 e. The summed E-state index contributed by atoms with van der Waals surface area (Å²) in [6, 6.07) is 3.22. The smallest absolute Gasteiger partial charge is 0.217 e. The van der Waals surface area contributed by atoms with Gasteiger partial charge in [-0.3, -0.25) is 4.79 Å². The quantitative estimate of drug-likeness (QED) is 0.848. The summed E-state index contributed by atoms with van der Waals surface area (Å²) in [6.07, 6.45) is 0.591. The molecular formula is C17H27NO4. The van der Waals surface area contributed by atoms with Gasteiger partial charge in [0.2, 0.25) is 5.91 Å². The third-order valence-electron chi connectivity index (χ3n) is 3.25. The zero-order valence-corrected chi connectivity index (χ0v) is 14.3. The highest BCUT2D eigenvalue weighted by Crippen LogP contribution is 2.35. The molecule has 0 aliphatic rings. The van der Waals surface area contributed by atoms with E-state index < -0.39 is 0 Å². The molecule has 2 N–H and O–H groups in total. The van der Waals surface area contributed by atoms with Gasteiger partial charge in [-0.1, -0.05) is 6.07 Å². The number of carbonyl (C=O) groups is 1. The molecule has 0 saturated carbocycles. The molecule has 0 aliphatic carbocycles. The molecule has 124 valence electrons. The lowest BCUT2D eigenvalue weighted by molar-refractivity contribution is -0.119. The van der Waals surface area contributed by atoms with Crippen molar-refractivity contribution < 1.29 is 19.4 Å². The zero-order chi connectivity index (χ0) is 16.9. The van der Waals surface area contributed by atoms with Crippen molar-refractivity contribution in [1.82, 2.24) is 5.32 Å². The summed E-state index contributed by atoms with van der Waals surface area (Å²) >= 11 is 0. The molecule has 0 bridgehead atoms. The van der Waals surface area contributed by atoms with Crippen LogP contribution in [-0.4, -0.2) is 30.3 Å². The van der Waals surface area contributed by atoms with E-state index in [9.17, 15) is 9.90 Å². The highest BCUT2D eigenvalue weighted by Gasteiger charge is 2.19. The number of benzene rings is 1. The number of amides is 1. The minimum Gasteiger partial charge on any atom is -0.504 e. The van der Waals surface area contributed by atoms with Gasteiger partial charge in [0.25, 0.3) is 0 Å². The van der Waals surface area contributed by atoms with Crippen molar-refractivity contribution in [1.29, 1.82) is 0 Å². The third-order valence-corrected chi connectivity index (χ3v) is 3.25. The predicted molar refractivity (Wildman–Crippen MR) is 86.3 cm³/mol. The summed E-state index contributed by atoms with van der Waals surface area (Å²) in [7, 11) is 1.52. The molecule has 0 radical (unpaired) electrons. The van der Waals surface area contributed by atoms with E-state index in [0.29, 0.717) is 18.8 Å². The number of ether oxygens (including phenoxy) is 2. The van der Waals surface area contributed by atoms with Crippen LogP contribution in [0.1, 0.15) is 51.8 Å². The fourth-order valence-electron chi connectivity index (χ4n) is 2.36. The lowest BCUT2D eigenvalue weighted by atomic mass is 9.97. The lowest BCUT2D eigenvalue weighted by Crippen LogP contribution is -2.25. The van der Waals surface area contributed by atoms with Gasteiger partial charge in [-0.05, 0) is 45.7 Å². The van der Waals surface area contributed by atoms with Crippen LogP contribution < -0.4 is 10.1 Å². The molecule has 0 aliphatic heterocycles. The first-order valence-corrected chi connectivity index (χ1v) is 7.45. The standard InChI is InChI=1S/C17H27NO4/c1-11(18-12(2)19)13-7-8-15(20)16(21-6)14(13)9-10-22-17(3,4)5/h7-8,11,20H,9-10H2,1-6H3,(H,18,19). The van der Waals surface area contributed by atoms with Gasteiger partial charge in [-0.2, -0.15) is 0 Å². The second kappa shape index (κ2) is 7.49. The van der Waals surface area contributed by atoms with E-state index in [0.717, 1.165) is 11.1 Å². The van der Waals surface area contributed by atoms with Crippen molar-refractivity contribution >= 4 is 5.91 Å². The summed E-state index contributed by atoms with van der Waals surface area (Å²) in [4.78, 5) is 11.3. The van der Waals surface area contributed by atoms with E-state index in [4.69, 9.17) is 9.47 Å². The Bertz CT molecular complexity index is 520. The van der Waals surface area contributed by atoms with Crippen LogP contribution in [0.3, 0.4) is 0 Å². The van der Waals surface area contributed by atoms with Crippen molar-refractivity contribution in [2.75, 3.05) is 13.7 Å². The number of methoxy groups -OCH3 is 1. The predicted octanol–water partition coefficient (Wildman–Crippen LogP) is 2.96. The molecule has 1 amide bonds. The van der Waals surface area contributed by atoms with Crippen molar-refractivity contribution in [3.8, 4) is 11.5 Å². The number of nitrogens with one attached hydrogen (secondary N) is 1. The Kier molecular flexibility index (Phi) is 6.23. The normalized spacial score (nSPS) is 12.8. The molecular weight excluding hydrogens is 282 g/mol. The molecule has 1 aromatic carbocycles. The summed E-state index contributed by atoms with van der Waals surface area (Å²) in [5.74, 6) is 0.427. The van der Waals surface area contributed by atoms with Crippen molar-refractivity contribution in [2.24, 2.45) is 0 Å². The minimum absolute atomic E-state index is 0.0898. The first kappa shape index (κ1) is 18.3. The number of rotatable bonds is 6. The van der Waals surface area contributed by atoms with Crippen LogP contribution in [-0.2, 0) is 16.0 Å². The molecule has 0 heterocycles. The van der Waals surface area contributed by atoms with Crippen LogP contribution in [0.25, 0.3) is 0 Å². The fourth-order valence-corrected chi connectivity index (χ4v) is 2.36. The molecule has 1 aromatic rings. The van der Waals surface area contributed by atoms with Crippen LogP contribution in [0, 0.1) is 0 Å². The summed E-state index contributed by atoms with van der Waals surface area (Å²) in [5, 5.41) is 12.8. The van der Waals surface area contributed by atoms with Gasteiger partial charge in [0, 0.05) is 12.5 Å². The molecule has 0 aromatic heterocycles. The Morgan fingerprint density at radius 2 is 2.00 bits per heavy atom. The molecule has 1 atom stereocenters. The minimum atomic E-state index is -0.229. The van der Waals surface area contributed by atoms with Crippen molar-refractivity contribution in [3.63, 3.8) is 0 Å². The first-order valence-electron chi connectivity index (χ1n) is 7.45. The maximum atomic E-state index is 11.3. The Balaban J connectivity index is 3.07. The molecule has 1 unspecified atom stereocenters. The first-order chi connectivity index (χ1) is 10.2. The van der Waals surface area contributed by atoms with Gasteiger partial charge in [0.15, 0.2) is 11.5 Å². The van der Waals surface area contributed by atoms with E-state index in [2.05, 4.69) is 5.32 Å². The molecule has 1 rings (SSSR count). The van der Waals surface area contributed by atoms with Crippen LogP contribution in [0.2, 0.25) is 0 Å². The largest absolute Gasteiger partial charge is 0.504 e. The molecule has 22 heavy (non-hydrogen) atoms. The summed E-state index contributed by atoms with van der Waals surface area (Å²) < 4.78 is 11.1. The van der Waals surface area contributed by atoms with E-state index in [1.165, 1.54) is 14.0 Å². The summed E-state index contributed by atoms with van der Waals surface area (Å²) in [5.41, 5.74) is 1.54. The van der Waals surface area contributed by atoms with Gasteiger partial charge in [0.1, 0.15) is 0 Å². The molecule has 5 heteroatoms. The van der Waals surface area contributed by atoms with Crippen LogP contribution in [0.5, 0.6) is 11.5 Å². The van der Waals surface area contributed by atoms with Gasteiger partial charge < -0.3 is 19.9 Å². The van der Waals surface area contributed by atoms with Gasteiger partial charge >= 0.3 is 0 Å². The fraction of sp³-hybridized carbons (Fsp3) is 0.588. The SMILES string of the molecule is COc1c(O)ccc(C(C)NC(C)=O)c1CCOC(C)(C)C. The number of carbonyl (C=O) groups excluding carboxylic acids is 1.